The Morgan fingerprint density at radius 1 is 1.27 bits per heavy atom. The third-order valence-corrected chi connectivity index (χ3v) is 2.58. The number of allylic oxidation sites excluding steroid dienone is 4. The van der Waals surface area contributed by atoms with E-state index < -0.39 is 20.9 Å². The second-order valence-electron chi connectivity index (χ2n) is 2.45. The van der Waals surface area contributed by atoms with Crippen molar-refractivity contribution in [1.29, 1.82) is 0 Å². The van der Waals surface area contributed by atoms with Gasteiger partial charge in [-0.25, -0.2) is 8.42 Å². The Hall–Kier alpha value is -1.30. The fraction of sp³-hybridized carbons (Fsp3) is 0.111. The molecule has 0 fully saturated rings. The van der Waals surface area contributed by atoms with Crippen LogP contribution in [0.4, 0.5) is 13.2 Å². The predicted molar refractivity (Wildman–Crippen MR) is 52.6 cm³/mol. The van der Waals surface area contributed by atoms with E-state index in [2.05, 4.69) is 13.2 Å². The highest BCUT2D eigenvalue weighted by molar-refractivity contribution is 7.98. The van der Waals surface area contributed by atoms with E-state index in [0.717, 1.165) is 6.08 Å². The van der Waals surface area contributed by atoms with E-state index in [9.17, 15) is 21.6 Å². The Bertz CT molecular complexity index is 400. The molecule has 15 heavy (non-hydrogen) atoms. The molecule has 0 aromatic carbocycles. The summed E-state index contributed by atoms with van der Waals surface area (Å²) in [4.78, 5) is -0.428. The van der Waals surface area contributed by atoms with E-state index >= 15 is 0 Å². The molecule has 0 unspecified atom stereocenters. The van der Waals surface area contributed by atoms with Gasteiger partial charge in [-0.1, -0.05) is 25.3 Å². The van der Waals surface area contributed by atoms with Crippen LogP contribution in [0.15, 0.2) is 47.8 Å². The molecule has 0 radical (unpaired) electrons. The molecule has 0 rings (SSSR count). The van der Waals surface area contributed by atoms with Crippen LogP contribution in [0.1, 0.15) is 0 Å². The van der Waals surface area contributed by atoms with Crippen molar-refractivity contribution in [1.82, 2.24) is 0 Å². The number of halogens is 3. The maximum absolute atomic E-state index is 11.7. The molecule has 84 valence electrons. The molecule has 0 aliphatic carbocycles. The fourth-order valence-corrected chi connectivity index (χ4v) is 1.30. The molecule has 0 aliphatic rings. The minimum absolute atomic E-state index is 0.0722. The summed E-state index contributed by atoms with van der Waals surface area (Å²) in [5.41, 5.74) is 0. The SMILES string of the molecule is C=C/C=C\C(=C)S(=O)(=O)/C=C/C(F)(F)F. The third-order valence-electron chi connectivity index (χ3n) is 1.22. The lowest BCUT2D eigenvalue weighted by Gasteiger charge is -1.99. The molecule has 6 heteroatoms. The summed E-state index contributed by atoms with van der Waals surface area (Å²) in [5, 5.41) is 0.0722. The highest BCUT2D eigenvalue weighted by Gasteiger charge is 2.24. The predicted octanol–water partition coefficient (Wildman–Crippen LogP) is 2.73. The van der Waals surface area contributed by atoms with Gasteiger partial charge < -0.3 is 0 Å². The molecular formula is C9H9F3O2S. The van der Waals surface area contributed by atoms with Crippen molar-refractivity contribution in [3.05, 3.63) is 47.8 Å². The summed E-state index contributed by atoms with van der Waals surface area (Å²) in [6.07, 6.45) is -1.40. The number of hydrogen-bond acceptors (Lipinski definition) is 2. The van der Waals surface area contributed by atoms with Gasteiger partial charge >= 0.3 is 6.18 Å². The van der Waals surface area contributed by atoms with E-state index in [1.165, 1.54) is 12.2 Å². The van der Waals surface area contributed by atoms with Crippen LogP contribution in [-0.4, -0.2) is 14.6 Å². The van der Waals surface area contributed by atoms with Crippen LogP contribution >= 0.6 is 0 Å². The van der Waals surface area contributed by atoms with Gasteiger partial charge in [0.2, 0.25) is 0 Å². The summed E-state index contributed by atoms with van der Waals surface area (Å²) in [6.45, 7) is 6.40. The topological polar surface area (TPSA) is 34.1 Å². The van der Waals surface area contributed by atoms with Gasteiger partial charge in [0.15, 0.2) is 9.84 Å². The van der Waals surface area contributed by atoms with Crippen molar-refractivity contribution in [2.45, 2.75) is 6.18 Å². The Kier molecular flexibility index (Phi) is 4.54. The van der Waals surface area contributed by atoms with Gasteiger partial charge in [-0.05, 0) is 6.08 Å². The maximum atomic E-state index is 11.7. The average molecular weight is 238 g/mol. The molecule has 0 amide bonds. The van der Waals surface area contributed by atoms with Gasteiger partial charge in [-0.2, -0.15) is 13.2 Å². The highest BCUT2D eigenvalue weighted by atomic mass is 32.2. The Balaban J connectivity index is 4.87. The summed E-state index contributed by atoms with van der Waals surface area (Å²) in [7, 11) is -4.10. The largest absolute Gasteiger partial charge is 0.410 e. The second-order valence-corrected chi connectivity index (χ2v) is 4.34. The molecule has 0 N–H and O–H groups in total. The molecule has 0 aromatic heterocycles. The monoisotopic (exact) mass is 238 g/mol. The van der Waals surface area contributed by atoms with Crippen LogP contribution in [-0.2, 0) is 9.84 Å². The van der Waals surface area contributed by atoms with Crippen LogP contribution in [0.5, 0.6) is 0 Å². The van der Waals surface area contributed by atoms with E-state index in [0.29, 0.717) is 0 Å². The standard InChI is InChI=1S/C9H9F3O2S/c1-3-4-5-8(2)15(13,14)7-6-9(10,11)12/h3-7H,1-2H2/b5-4-,7-6+. The fourth-order valence-electron chi connectivity index (χ4n) is 0.524. The zero-order chi connectivity index (χ0) is 12.1. The highest BCUT2D eigenvalue weighted by Crippen LogP contribution is 2.18. The molecule has 0 heterocycles. The first-order valence-electron chi connectivity index (χ1n) is 3.68. The van der Waals surface area contributed by atoms with Crippen molar-refractivity contribution in [2.24, 2.45) is 0 Å². The van der Waals surface area contributed by atoms with E-state index in [4.69, 9.17) is 0 Å². The smallest absolute Gasteiger partial charge is 0.219 e. The van der Waals surface area contributed by atoms with Gasteiger partial charge in [0, 0.05) is 11.5 Å². The molecule has 0 bridgehead atoms. The summed E-state index contributed by atoms with van der Waals surface area (Å²) < 4.78 is 57.3. The first kappa shape index (κ1) is 13.7. The summed E-state index contributed by atoms with van der Waals surface area (Å²) >= 11 is 0. The summed E-state index contributed by atoms with van der Waals surface area (Å²) in [5.74, 6) is 0. The maximum Gasteiger partial charge on any atom is 0.410 e. The van der Waals surface area contributed by atoms with Crippen molar-refractivity contribution >= 4 is 9.84 Å². The van der Waals surface area contributed by atoms with Gasteiger partial charge in [0.1, 0.15) is 0 Å². The second kappa shape index (κ2) is 4.97. The molecule has 0 aromatic rings. The van der Waals surface area contributed by atoms with Crippen molar-refractivity contribution < 1.29 is 21.6 Å². The van der Waals surface area contributed by atoms with Crippen LogP contribution in [0.25, 0.3) is 0 Å². The van der Waals surface area contributed by atoms with Gasteiger partial charge in [-0.3, -0.25) is 0 Å². The normalized spacial score (nSPS) is 13.5. The minimum atomic E-state index is -4.66. The Morgan fingerprint density at radius 2 is 1.80 bits per heavy atom. The van der Waals surface area contributed by atoms with E-state index in [-0.39, 0.29) is 11.5 Å². The van der Waals surface area contributed by atoms with Crippen LogP contribution in [0, 0.1) is 0 Å². The third kappa shape index (κ3) is 5.90. The quantitative estimate of drug-likeness (QED) is 0.706. The van der Waals surface area contributed by atoms with Crippen molar-refractivity contribution in [3.63, 3.8) is 0 Å². The zero-order valence-corrected chi connectivity index (χ0v) is 8.48. The van der Waals surface area contributed by atoms with Gasteiger partial charge in [0.25, 0.3) is 0 Å². The molecule has 0 aliphatic heterocycles. The molecule has 0 saturated heterocycles. The average Bonchev–Trinajstić information content (AvgIpc) is 2.10. The molecule has 0 spiro atoms. The first-order valence-corrected chi connectivity index (χ1v) is 5.23. The Morgan fingerprint density at radius 3 is 2.20 bits per heavy atom. The lowest BCUT2D eigenvalue weighted by molar-refractivity contribution is -0.0796. The van der Waals surface area contributed by atoms with Gasteiger partial charge in [0.05, 0.1) is 4.91 Å². The van der Waals surface area contributed by atoms with Gasteiger partial charge in [-0.15, -0.1) is 0 Å². The number of rotatable bonds is 4. The number of sulfone groups is 1. The lowest BCUT2D eigenvalue weighted by Crippen LogP contribution is -2.04. The van der Waals surface area contributed by atoms with E-state index in [1.807, 2.05) is 0 Å². The Labute approximate surface area is 86.0 Å². The van der Waals surface area contributed by atoms with Crippen LogP contribution in [0.2, 0.25) is 0 Å². The van der Waals surface area contributed by atoms with Crippen LogP contribution in [0.3, 0.4) is 0 Å². The number of alkyl halides is 3. The van der Waals surface area contributed by atoms with E-state index in [1.54, 1.807) is 0 Å². The number of hydrogen-bond donors (Lipinski definition) is 0. The zero-order valence-electron chi connectivity index (χ0n) is 7.66. The van der Waals surface area contributed by atoms with Crippen molar-refractivity contribution in [2.75, 3.05) is 0 Å². The molecule has 0 saturated carbocycles. The first-order chi connectivity index (χ1) is 6.69. The molecule has 0 atom stereocenters. The molecular weight excluding hydrogens is 229 g/mol. The minimum Gasteiger partial charge on any atom is -0.219 e. The summed E-state index contributed by atoms with van der Waals surface area (Å²) in [6, 6.07) is 0. The lowest BCUT2D eigenvalue weighted by atomic mass is 10.5. The van der Waals surface area contributed by atoms with Crippen molar-refractivity contribution in [3.8, 4) is 0 Å². The molecule has 2 nitrogen and oxygen atoms in total. The van der Waals surface area contributed by atoms with Crippen LogP contribution < -0.4 is 0 Å².